The van der Waals surface area contributed by atoms with Gasteiger partial charge in [-0.25, -0.2) is 0 Å². The van der Waals surface area contributed by atoms with Crippen LogP contribution in [0.5, 0.6) is 0 Å². The van der Waals surface area contributed by atoms with E-state index in [1.807, 2.05) is 0 Å². The molecule has 0 aliphatic rings. The topological polar surface area (TPSA) is 12.0 Å². The lowest BCUT2D eigenvalue weighted by molar-refractivity contribution is -0.903. The lowest BCUT2D eigenvalue weighted by atomic mass is 10.0. The molecular weight excluding hydrogens is 404 g/mol. The third-order valence-electron chi connectivity index (χ3n) is 6.78. The molecule has 0 atom stereocenters. The molecule has 1 N–H and O–H groups in total. The largest absolute Gasteiger partial charge is 0.325 e. The minimum atomic E-state index is 1.11. The molecule has 1 rings (SSSR count). The Morgan fingerprint density at radius 2 is 1.03 bits per heavy atom. The zero-order chi connectivity index (χ0) is 23.2. The van der Waals surface area contributed by atoms with Gasteiger partial charge in [-0.05, 0) is 38.8 Å². The maximum Gasteiger partial charge on any atom is 0.104 e. The number of hydrogen-bond acceptors (Lipinski definition) is 1. The second-order valence-corrected chi connectivity index (χ2v) is 11.7. The van der Waals surface area contributed by atoms with E-state index in [-0.39, 0.29) is 0 Å². The average Bonchev–Trinajstić information content (AvgIpc) is 2.78. The summed E-state index contributed by atoms with van der Waals surface area (Å²) in [6.07, 6.45) is 23.0. The molecule has 0 aromatic heterocycles. The summed E-state index contributed by atoms with van der Waals surface area (Å²) in [6.45, 7) is 4.94. The number of nitrogens with zero attached hydrogens (tertiary/aromatic N) is 1. The van der Waals surface area contributed by atoms with Crippen LogP contribution in [0.2, 0.25) is 6.04 Å². The first-order chi connectivity index (χ1) is 15.6. The Balaban J connectivity index is 1.76. The summed E-state index contributed by atoms with van der Waals surface area (Å²) in [5.74, 6) is 0. The molecule has 0 radical (unpaired) electrons. The second-order valence-electron chi connectivity index (χ2n) is 10.7. The quantitative estimate of drug-likeness (QED) is 0.106. The first kappa shape index (κ1) is 29.4. The molecule has 0 aliphatic carbocycles. The second kappa shape index (κ2) is 20.9. The zero-order valence-corrected chi connectivity index (χ0v) is 24.2. The van der Waals surface area contributed by atoms with Gasteiger partial charge in [-0.1, -0.05) is 113 Å². The summed E-state index contributed by atoms with van der Waals surface area (Å²) < 4.78 is 1.11. The molecule has 1 aromatic carbocycles. The van der Waals surface area contributed by atoms with Crippen molar-refractivity contribution in [2.75, 3.05) is 33.7 Å². The van der Waals surface area contributed by atoms with Crippen molar-refractivity contribution in [1.82, 2.24) is 5.32 Å². The maximum absolute atomic E-state index is 3.57. The lowest BCUT2D eigenvalue weighted by Crippen LogP contribution is -2.39. The van der Waals surface area contributed by atoms with E-state index in [1.165, 1.54) is 144 Å². The van der Waals surface area contributed by atoms with Crippen LogP contribution in [0.1, 0.15) is 108 Å². The van der Waals surface area contributed by atoms with Crippen LogP contribution in [0.25, 0.3) is 0 Å². The molecule has 0 saturated heterocycles. The van der Waals surface area contributed by atoms with Gasteiger partial charge in [-0.15, -0.1) is 0 Å². The predicted molar refractivity (Wildman–Crippen MR) is 149 cm³/mol. The highest BCUT2D eigenvalue weighted by atomic mass is 28.1. The van der Waals surface area contributed by atoms with E-state index in [9.17, 15) is 0 Å². The third kappa shape index (κ3) is 18.9. The molecule has 0 fully saturated rings. The zero-order valence-electron chi connectivity index (χ0n) is 22.2. The summed E-state index contributed by atoms with van der Waals surface area (Å²) in [5.41, 5.74) is 1.46. The fourth-order valence-corrected chi connectivity index (χ4v) is 5.02. The smallest absolute Gasteiger partial charge is 0.104 e. The molecule has 2 nitrogen and oxygen atoms in total. The van der Waals surface area contributed by atoms with Gasteiger partial charge in [0.15, 0.2) is 0 Å². The maximum atomic E-state index is 3.57. The van der Waals surface area contributed by atoms with Crippen LogP contribution in [0.15, 0.2) is 30.3 Å². The molecule has 0 saturated carbocycles. The Bertz CT molecular complexity index is 503. The van der Waals surface area contributed by atoms with Crippen molar-refractivity contribution >= 4 is 10.2 Å². The first-order valence-electron chi connectivity index (χ1n) is 14.2. The lowest BCUT2D eigenvalue weighted by Gasteiger charge is -2.30. The van der Waals surface area contributed by atoms with E-state index in [1.54, 1.807) is 0 Å². The van der Waals surface area contributed by atoms with Crippen molar-refractivity contribution in [2.45, 2.75) is 115 Å². The van der Waals surface area contributed by atoms with Crippen LogP contribution >= 0.6 is 0 Å². The van der Waals surface area contributed by atoms with Gasteiger partial charge >= 0.3 is 0 Å². The summed E-state index contributed by atoms with van der Waals surface area (Å²) >= 11 is 0. The molecule has 0 heterocycles. The molecule has 3 heteroatoms. The van der Waals surface area contributed by atoms with Gasteiger partial charge in [0.1, 0.15) is 6.54 Å². The van der Waals surface area contributed by atoms with Crippen LogP contribution in [0.3, 0.4) is 0 Å². The number of nitrogens with one attached hydrogen (secondary N) is 1. The van der Waals surface area contributed by atoms with Gasteiger partial charge in [0.05, 0.1) is 20.6 Å². The predicted octanol–water partition coefficient (Wildman–Crippen LogP) is 6.88. The number of benzene rings is 1. The van der Waals surface area contributed by atoms with Crippen molar-refractivity contribution in [3.05, 3.63) is 35.9 Å². The third-order valence-corrected chi connectivity index (χ3v) is 7.48. The average molecular weight is 462 g/mol. The summed E-state index contributed by atoms with van der Waals surface area (Å²) in [5, 5.41) is 3.57. The molecular formula is C29H57N2Si+. The SMILES string of the molecule is C[N+](C)(CCCCCCCCCCCCCCCCCNCCC[SiH3])Cc1ccccc1. The monoisotopic (exact) mass is 461 g/mol. The molecule has 0 unspecified atom stereocenters. The Morgan fingerprint density at radius 1 is 0.594 bits per heavy atom. The van der Waals surface area contributed by atoms with Crippen molar-refractivity contribution in [3.63, 3.8) is 0 Å². The highest BCUT2D eigenvalue weighted by molar-refractivity contribution is 6.08. The summed E-state index contributed by atoms with van der Waals surface area (Å²) in [7, 11) is 6.12. The van der Waals surface area contributed by atoms with Crippen molar-refractivity contribution < 1.29 is 4.48 Å². The van der Waals surface area contributed by atoms with Crippen molar-refractivity contribution in [2.24, 2.45) is 0 Å². The first-order valence-corrected chi connectivity index (χ1v) is 15.6. The van der Waals surface area contributed by atoms with Gasteiger partial charge < -0.3 is 9.80 Å². The number of hydrogen-bond donors (Lipinski definition) is 1. The van der Waals surface area contributed by atoms with Crippen LogP contribution in [0.4, 0.5) is 0 Å². The molecule has 32 heavy (non-hydrogen) atoms. The van der Waals surface area contributed by atoms with E-state index < -0.39 is 0 Å². The van der Waals surface area contributed by atoms with Gasteiger partial charge in [0.2, 0.25) is 0 Å². The van der Waals surface area contributed by atoms with Gasteiger partial charge in [0.25, 0.3) is 0 Å². The van der Waals surface area contributed by atoms with E-state index in [2.05, 4.69) is 49.7 Å². The van der Waals surface area contributed by atoms with E-state index in [4.69, 9.17) is 0 Å². The molecule has 0 bridgehead atoms. The van der Waals surface area contributed by atoms with Crippen LogP contribution in [-0.2, 0) is 6.54 Å². The Labute approximate surface area is 205 Å². The summed E-state index contributed by atoms with van der Waals surface area (Å²) in [6, 6.07) is 12.4. The van der Waals surface area contributed by atoms with Gasteiger partial charge in [-0.2, -0.15) is 0 Å². The van der Waals surface area contributed by atoms with Crippen LogP contribution in [-0.4, -0.2) is 48.5 Å². The van der Waals surface area contributed by atoms with E-state index in [0.717, 1.165) is 11.0 Å². The fourth-order valence-electron chi connectivity index (χ4n) is 4.67. The Morgan fingerprint density at radius 3 is 1.53 bits per heavy atom. The molecule has 1 aromatic rings. The summed E-state index contributed by atoms with van der Waals surface area (Å²) in [4.78, 5) is 0. The minimum Gasteiger partial charge on any atom is -0.325 e. The van der Waals surface area contributed by atoms with Crippen LogP contribution < -0.4 is 5.32 Å². The van der Waals surface area contributed by atoms with E-state index in [0.29, 0.717) is 0 Å². The number of quaternary nitrogens is 1. The molecule has 0 amide bonds. The standard InChI is InChI=1S/C29H57N2Si/c1-31(2,28-29-22-17-16-18-23-29)26-20-15-13-11-9-7-5-3-4-6-8-10-12-14-19-24-30-25-21-27-32/h16-18,22-23,30H,3-15,19-21,24-28H2,1-2,32H3/q+1. The van der Waals surface area contributed by atoms with Gasteiger partial charge in [-0.3, -0.25) is 0 Å². The molecule has 0 spiro atoms. The number of unbranched alkanes of at least 4 members (excludes halogenated alkanes) is 14. The number of rotatable bonds is 23. The molecule has 186 valence electrons. The van der Waals surface area contributed by atoms with Crippen molar-refractivity contribution in [1.29, 1.82) is 0 Å². The van der Waals surface area contributed by atoms with Gasteiger partial charge in [0, 0.05) is 15.8 Å². The minimum absolute atomic E-state index is 1.11. The molecule has 0 aliphatic heterocycles. The van der Waals surface area contributed by atoms with Crippen LogP contribution in [0, 0.1) is 0 Å². The van der Waals surface area contributed by atoms with E-state index >= 15 is 0 Å². The normalized spacial score (nSPS) is 11.9. The highest BCUT2D eigenvalue weighted by Gasteiger charge is 2.14. The highest BCUT2D eigenvalue weighted by Crippen LogP contribution is 2.15. The van der Waals surface area contributed by atoms with Crippen molar-refractivity contribution in [3.8, 4) is 0 Å². The fraction of sp³-hybridized carbons (Fsp3) is 0.793. The Hall–Kier alpha value is -0.643. The Kier molecular flexibility index (Phi) is 19.2.